The average molecular weight is 378 g/mol. The van der Waals surface area contributed by atoms with Crippen molar-refractivity contribution < 1.29 is 9.72 Å². The number of nitrogens with zero attached hydrogens (tertiary/aromatic N) is 1. The quantitative estimate of drug-likeness (QED) is 0.476. The molecule has 1 N–H and O–H groups in total. The Morgan fingerprint density at radius 3 is 2.57 bits per heavy atom. The van der Waals surface area contributed by atoms with Crippen molar-refractivity contribution >= 4 is 39.1 Å². The molecule has 0 fully saturated rings. The van der Waals surface area contributed by atoms with Crippen LogP contribution in [0.25, 0.3) is 0 Å². The van der Waals surface area contributed by atoms with Crippen molar-refractivity contribution in [1.29, 1.82) is 0 Å². The molecule has 0 radical (unpaired) electrons. The third-order valence-electron chi connectivity index (χ3n) is 2.67. The molecule has 0 bridgehead atoms. The Hall–Kier alpha value is -1.14. The van der Waals surface area contributed by atoms with Gasteiger partial charge in [-0.3, -0.25) is 14.9 Å². The Kier molecular flexibility index (Phi) is 6.16. The van der Waals surface area contributed by atoms with Gasteiger partial charge in [0, 0.05) is 28.7 Å². The van der Waals surface area contributed by atoms with Crippen molar-refractivity contribution in [3.8, 4) is 0 Å². The zero-order valence-electron chi connectivity index (χ0n) is 12.2. The molecule has 21 heavy (non-hydrogen) atoms. The number of rotatable bonds is 5. The lowest BCUT2D eigenvalue weighted by molar-refractivity contribution is -0.385. The number of alkyl halides is 1. The molecule has 7 heteroatoms. The summed E-state index contributed by atoms with van der Waals surface area (Å²) in [5.74, 6) is -0.376. The van der Waals surface area contributed by atoms with Crippen LogP contribution < -0.4 is 5.32 Å². The molecule has 1 amide bonds. The number of carbonyl (C=O) groups is 1. The maximum atomic E-state index is 12.0. The van der Waals surface area contributed by atoms with Crippen LogP contribution in [-0.2, 0) is 0 Å². The molecule has 1 rings (SSSR count). The summed E-state index contributed by atoms with van der Waals surface area (Å²) < 4.78 is 0.485. The van der Waals surface area contributed by atoms with Crippen LogP contribution in [0.1, 0.15) is 37.6 Å². The monoisotopic (exact) mass is 376 g/mol. The number of hydrogen-bond acceptors (Lipinski definition) is 3. The van der Waals surface area contributed by atoms with Gasteiger partial charge in [0.1, 0.15) is 0 Å². The minimum atomic E-state index is -0.536. The highest BCUT2D eigenvalue weighted by molar-refractivity contribution is 9.10. The number of amides is 1. The molecule has 0 aliphatic heterocycles. The van der Waals surface area contributed by atoms with Gasteiger partial charge >= 0.3 is 0 Å². The second-order valence-corrected chi connectivity index (χ2v) is 7.56. The smallest absolute Gasteiger partial charge is 0.271 e. The van der Waals surface area contributed by atoms with Crippen LogP contribution in [-0.4, -0.2) is 22.8 Å². The van der Waals surface area contributed by atoms with Gasteiger partial charge < -0.3 is 5.32 Å². The van der Waals surface area contributed by atoms with E-state index in [1.54, 1.807) is 0 Å². The standard InChI is InChI=1S/C14H18BrClN2O3/c1-14(2,3)7-11(16)8-17-13(19)9-4-10(15)6-12(5-9)18(20)21/h4-6,11H,7-8H2,1-3H3,(H,17,19). The minimum Gasteiger partial charge on any atom is -0.351 e. The van der Waals surface area contributed by atoms with Crippen LogP contribution in [0.5, 0.6) is 0 Å². The van der Waals surface area contributed by atoms with Gasteiger partial charge in [-0.1, -0.05) is 36.7 Å². The first-order valence-corrected chi connectivity index (χ1v) is 7.69. The van der Waals surface area contributed by atoms with Crippen LogP contribution in [0, 0.1) is 15.5 Å². The fraction of sp³-hybridized carbons (Fsp3) is 0.500. The van der Waals surface area contributed by atoms with E-state index in [1.807, 2.05) is 0 Å². The van der Waals surface area contributed by atoms with Gasteiger partial charge in [0.2, 0.25) is 0 Å². The molecule has 116 valence electrons. The van der Waals surface area contributed by atoms with E-state index in [4.69, 9.17) is 11.6 Å². The van der Waals surface area contributed by atoms with Crippen molar-refractivity contribution in [2.45, 2.75) is 32.6 Å². The Bertz CT molecular complexity index is 544. The highest BCUT2D eigenvalue weighted by atomic mass is 79.9. The number of nitro benzene ring substituents is 1. The molecule has 1 unspecified atom stereocenters. The van der Waals surface area contributed by atoms with Gasteiger partial charge in [0.05, 0.1) is 10.3 Å². The number of nitrogens with one attached hydrogen (secondary N) is 1. The molecule has 0 heterocycles. The number of benzene rings is 1. The summed E-state index contributed by atoms with van der Waals surface area (Å²) in [6.45, 7) is 6.53. The maximum Gasteiger partial charge on any atom is 0.271 e. The lowest BCUT2D eigenvalue weighted by Crippen LogP contribution is -2.31. The predicted octanol–water partition coefficient (Wildman–Crippen LogP) is 4.13. The van der Waals surface area contributed by atoms with Crippen molar-refractivity contribution in [2.75, 3.05) is 6.54 Å². The van der Waals surface area contributed by atoms with Crippen molar-refractivity contribution in [3.05, 3.63) is 38.3 Å². The van der Waals surface area contributed by atoms with Gasteiger partial charge in [0.15, 0.2) is 0 Å². The third-order valence-corrected chi connectivity index (χ3v) is 3.44. The van der Waals surface area contributed by atoms with E-state index >= 15 is 0 Å². The molecule has 0 aliphatic rings. The lowest BCUT2D eigenvalue weighted by Gasteiger charge is -2.22. The summed E-state index contributed by atoms with van der Waals surface area (Å²) >= 11 is 9.34. The number of hydrogen-bond donors (Lipinski definition) is 1. The molecule has 0 spiro atoms. The van der Waals surface area contributed by atoms with Gasteiger partial charge in [-0.05, 0) is 17.9 Å². The first kappa shape index (κ1) is 17.9. The topological polar surface area (TPSA) is 72.2 Å². The van der Waals surface area contributed by atoms with Crippen molar-refractivity contribution in [3.63, 3.8) is 0 Å². The van der Waals surface area contributed by atoms with Crippen molar-refractivity contribution in [2.24, 2.45) is 5.41 Å². The SMILES string of the molecule is CC(C)(C)CC(Cl)CNC(=O)c1cc(Br)cc([N+](=O)[O-])c1. The fourth-order valence-corrected chi connectivity index (χ4v) is 2.87. The van der Waals surface area contributed by atoms with E-state index in [1.165, 1.54) is 18.2 Å². The number of non-ortho nitro benzene ring substituents is 1. The summed E-state index contributed by atoms with van der Waals surface area (Å²) in [6.07, 6.45) is 0.757. The average Bonchev–Trinajstić information content (AvgIpc) is 2.33. The molecule has 5 nitrogen and oxygen atoms in total. The van der Waals surface area contributed by atoms with E-state index in [0.717, 1.165) is 6.42 Å². The Morgan fingerprint density at radius 1 is 1.43 bits per heavy atom. The summed E-state index contributed by atoms with van der Waals surface area (Å²) in [7, 11) is 0. The minimum absolute atomic E-state index is 0.0751. The number of halogens is 2. The largest absolute Gasteiger partial charge is 0.351 e. The normalized spacial score (nSPS) is 12.8. The first-order valence-electron chi connectivity index (χ1n) is 6.46. The molecule has 1 atom stereocenters. The van der Waals surface area contributed by atoms with Gasteiger partial charge in [0.25, 0.3) is 11.6 Å². The number of nitro groups is 1. The van der Waals surface area contributed by atoms with Crippen LogP contribution >= 0.6 is 27.5 Å². The molecule has 0 aromatic heterocycles. The van der Waals surface area contributed by atoms with Gasteiger partial charge in [-0.2, -0.15) is 0 Å². The molecular formula is C14H18BrClN2O3. The van der Waals surface area contributed by atoms with Gasteiger partial charge in [-0.15, -0.1) is 11.6 Å². The summed E-state index contributed by atoms with van der Waals surface area (Å²) in [5, 5.41) is 13.3. The third kappa shape index (κ3) is 6.44. The van der Waals surface area contributed by atoms with Crippen molar-refractivity contribution in [1.82, 2.24) is 5.32 Å². The molecule has 1 aromatic carbocycles. The highest BCUT2D eigenvalue weighted by Gasteiger charge is 2.18. The molecule has 0 saturated carbocycles. The molecule has 0 aliphatic carbocycles. The van der Waals surface area contributed by atoms with E-state index in [-0.39, 0.29) is 28.0 Å². The molecule has 0 saturated heterocycles. The lowest BCUT2D eigenvalue weighted by atomic mass is 9.90. The van der Waals surface area contributed by atoms with E-state index in [0.29, 0.717) is 11.0 Å². The van der Waals surface area contributed by atoms with Crippen LogP contribution in [0.2, 0.25) is 0 Å². The van der Waals surface area contributed by atoms with Crippen LogP contribution in [0.15, 0.2) is 22.7 Å². The fourth-order valence-electron chi connectivity index (χ4n) is 1.85. The predicted molar refractivity (Wildman–Crippen MR) is 86.8 cm³/mol. The van der Waals surface area contributed by atoms with E-state index in [9.17, 15) is 14.9 Å². The van der Waals surface area contributed by atoms with Crippen LogP contribution in [0.3, 0.4) is 0 Å². The van der Waals surface area contributed by atoms with Crippen LogP contribution in [0.4, 0.5) is 5.69 Å². The second-order valence-electron chi connectivity index (χ2n) is 6.03. The molecule has 1 aromatic rings. The van der Waals surface area contributed by atoms with Gasteiger partial charge in [-0.25, -0.2) is 0 Å². The van der Waals surface area contributed by atoms with E-state index < -0.39 is 4.92 Å². The Morgan fingerprint density at radius 2 is 2.05 bits per heavy atom. The highest BCUT2D eigenvalue weighted by Crippen LogP contribution is 2.24. The maximum absolute atomic E-state index is 12.0. The first-order chi connectivity index (χ1) is 9.58. The van der Waals surface area contributed by atoms with E-state index in [2.05, 4.69) is 42.0 Å². The summed E-state index contributed by atoms with van der Waals surface area (Å²) in [4.78, 5) is 22.3. The Balaban J connectivity index is 2.70. The Labute approximate surface area is 137 Å². The zero-order valence-corrected chi connectivity index (χ0v) is 14.5. The zero-order chi connectivity index (χ0) is 16.2. The number of carbonyl (C=O) groups excluding carboxylic acids is 1. The second kappa shape index (κ2) is 7.22. The molecular weight excluding hydrogens is 360 g/mol. The summed E-state index contributed by atoms with van der Waals surface area (Å²) in [6, 6.07) is 4.13. The summed E-state index contributed by atoms with van der Waals surface area (Å²) in [5.41, 5.74) is 0.174.